The smallest absolute Gasteiger partial charge is 0.255 e. The first kappa shape index (κ1) is 13.5. The molecule has 0 radical (unpaired) electrons. The first-order valence-corrected chi connectivity index (χ1v) is 7.65. The first-order chi connectivity index (χ1) is 10.6. The summed E-state index contributed by atoms with van der Waals surface area (Å²) in [6.07, 6.45) is 4.05. The van der Waals surface area contributed by atoms with Gasteiger partial charge in [-0.15, -0.1) is 0 Å². The normalized spacial score (nSPS) is 23.3. The van der Waals surface area contributed by atoms with Gasteiger partial charge in [-0.25, -0.2) is 0 Å². The quantitative estimate of drug-likeness (QED) is 0.754. The van der Waals surface area contributed by atoms with Crippen molar-refractivity contribution < 1.29 is 14.4 Å². The van der Waals surface area contributed by atoms with Crippen LogP contribution in [-0.4, -0.2) is 23.8 Å². The maximum Gasteiger partial charge on any atom is 0.255 e. The van der Waals surface area contributed by atoms with Gasteiger partial charge in [-0.05, 0) is 36.6 Å². The number of amides is 3. The molecule has 112 valence electrons. The Bertz CT molecular complexity index is 859. The van der Waals surface area contributed by atoms with Crippen LogP contribution in [0.2, 0.25) is 5.02 Å². The van der Waals surface area contributed by atoms with Crippen molar-refractivity contribution in [2.24, 2.45) is 0 Å². The molecule has 1 saturated heterocycles. The predicted molar refractivity (Wildman–Crippen MR) is 81.5 cm³/mol. The van der Waals surface area contributed by atoms with Crippen molar-refractivity contribution in [2.45, 2.75) is 31.7 Å². The van der Waals surface area contributed by atoms with Crippen molar-refractivity contribution in [2.75, 3.05) is 4.90 Å². The van der Waals surface area contributed by atoms with Crippen molar-refractivity contribution in [3.05, 3.63) is 27.6 Å². The Morgan fingerprint density at radius 1 is 1.18 bits per heavy atom. The lowest BCUT2D eigenvalue weighted by atomic mass is 10.0. The largest absolute Gasteiger partial charge is 0.295 e. The van der Waals surface area contributed by atoms with Gasteiger partial charge in [0.25, 0.3) is 5.91 Å². The number of rotatable bonds is 1. The average Bonchev–Trinajstić information content (AvgIpc) is 2.78. The molecule has 1 atom stereocenters. The van der Waals surface area contributed by atoms with Gasteiger partial charge in [-0.2, -0.15) is 0 Å². The van der Waals surface area contributed by atoms with Crippen molar-refractivity contribution in [1.82, 2.24) is 5.32 Å². The number of piperidine rings is 1. The first-order valence-electron chi connectivity index (χ1n) is 7.27. The second kappa shape index (κ2) is 4.68. The number of nitrogens with one attached hydrogen (secondary N) is 1. The fourth-order valence-corrected chi connectivity index (χ4v) is 3.73. The summed E-state index contributed by atoms with van der Waals surface area (Å²) in [5.41, 5.74) is 1.45. The summed E-state index contributed by atoms with van der Waals surface area (Å²) in [4.78, 5) is 37.8. The van der Waals surface area contributed by atoms with E-state index in [1.54, 1.807) is 12.1 Å². The van der Waals surface area contributed by atoms with E-state index in [9.17, 15) is 14.4 Å². The van der Waals surface area contributed by atoms with Crippen LogP contribution in [0.4, 0.5) is 5.69 Å². The number of nitrogens with zero attached hydrogens (tertiary/aromatic N) is 1. The summed E-state index contributed by atoms with van der Waals surface area (Å²) in [5.74, 6) is -0.829. The van der Waals surface area contributed by atoms with Gasteiger partial charge in [0.05, 0.1) is 5.69 Å². The van der Waals surface area contributed by atoms with Crippen molar-refractivity contribution >= 4 is 46.7 Å². The molecule has 4 rings (SSSR count). The molecule has 2 heterocycles. The standard InChI is InChI=1S/C16H13ClN2O3/c17-10-4-5-11-14-8(10)2-1-3-9(14)16(22)19(11)12-6-7-13(20)18-15(12)21/h2,4-5,12H,1,3,6-7H2,(H,18,20,21). The van der Waals surface area contributed by atoms with E-state index in [1.165, 1.54) is 4.90 Å². The summed E-state index contributed by atoms with van der Waals surface area (Å²) in [6, 6.07) is 2.91. The maximum absolute atomic E-state index is 12.8. The van der Waals surface area contributed by atoms with E-state index in [-0.39, 0.29) is 18.2 Å². The molecule has 1 aromatic rings. The molecule has 22 heavy (non-hydrogen) atoms. The lowest BCUT2D eigenvalue weighted by molar-refractivity contribution is -0.135. The molecule has 1 unspecified atom stereocenters. The molecule has 1 aromatic carbocycles. The minimum Gasteiger partial charge on any atom is -0.295 e. The van der Waals surface area contributed by atoms with E-state index in [0.29, 0.717) is 17.9 Å². The molecule has 1 fully saturated rings. The fraction of sp³-hybridized carbons (Fsp3) is 0.312. The van der Waals surface area contributed by atoms with Gasteiger partial charge >= 0.3 is 0 Å². The van der Waals surface area contributed by atoms with Crippen LogP contribution in [0.1, 0.15) is 25.7 Å². The van der Waals surface area contributed by atoms with Gasteiger partial charge in [0.1, 0.15) is 6.04 Å². The Morgan fingerprint density at radius 2 is 2.00 bits per heavy atom. The van der Waals surface area contributed by atoms with Gasteiger partial charge in [-0.1, -0.05) is 17.7 Å². The molecular weight excluding hydrogens is 304 g/mol. The average molecular weight is 317 g/mol. The zero-order valence-corrected chi connectivity index (χ0v) is 12.4. The summed E-state index contributed by atoms with van der Waals surface area (Å²) in [6.45, 7) is 0. The zero-order chi connectivity index (χ0) is 15.4. The van der Waals surface area contributed by atoms with Crippen molar-refractivity contribution in [3.63, 3.8) is 0 Å². The van der Waals surface area contributed by atoms with E-state index in [2.05, 4.69) is 5.32 Å². The molecule has 5 nitrogen and oxygen atoms in total. The Hall–Kier alpha value is -2.14. The molecular formula is C16H13ClN2O3. The number of carbonyl (C=O) groups is 3. The van der Waals surface area contributed by atoms with Crippen molar-refractivity contribution in [1.29, 1.82) is 0 Å². The number of halogens is 1. The van der Waals surface area contributed by atoms with Gasteiger partial charge in [-0.3, -0.25) is 24.6 Å². The van der Waals surface area contributed by atoms with E-state index in [0.717, 1.165) is 28.1 Å². The number of imide groups is 1. The van der Waals surface area contributed by atoms with Gasteiger partial charge in [0.15, 0.2) is 0 Å². The number of hydrogen-bond acceptors (Lipinski definition) is 3. The molecule has 0 aromatic heterocycles. The molecule has 1 N–H and O–H groups in total. The second-order valence-electron chi connectivity index (χ2n) is 5.72. The Kier molecular flexibility index (Phi) is 2.87. The number of anilines is 1. The van der Waals surface area contributed by atoms with E-state index in [1.807, 2.05) is 6.08 Å². The number of hydrogen-bond donors (Lipinski definition) is 1. The third-order valence-corrected chi connectivity index (χ3v) is 4.80. The van der Waals surface area contributed by atoms with Gasteiger partial charge < -0.3 is 0 Å². The lowest BCUT2D eigenvalue weighted by Gasteiger charge is -2.30. The zero-order valence-electron chi connectivity index (χ0n) is 11.7. The van der Waals surface area contributed by atoms with Crippen LogP contribution in [0.5, 0.6) is 0 Å². The molecule has 1 aliphatic carbocycles. The van der Waals surface area contributed by atoms with Crippen LogP contribution in [0.25, 0.3) is 11.6 Å². The Labute approximate surface area is 131 Å². The minimum atomic E-state index is -0.631. The molecule has 0 saturated carbocycles. The monoisotopic (exact) mass is 316 g/mol. The molecule has 3 aliphatic rings. The molecule has 6 heteroatoms. The van der Waals surface area contributed by atoms with E-state index >= 15 is 0 Å². The lowest BCUT2D eigenvalue weighted by Crippen LogP contribution is -2.54. The SMILES string of the molecule is O=C1CCC(N2C(=O)C3=c4c2ccc(Cl)c4=CCC3)C(=O)N1. The van der Waals surface area contributed by atoms with Crippen molar-refractivity contribution in [3.8, 4) is 0 Å². The summed E-state index contributed by atoms with van der Waals surface area (Å²) < 4.78 is 0. The summed E-state index contributed by atoms with van der Waals surface area (Å²) in [5, 5.41) is 4.67. The highest BCUT2D eigenvalue weighted by molar-refractivity contribution is 6.32. The fourth-order valence-electron chi connectivity index (χ4n) is 3.49. The molecule has 0 spiro atoms. The maximum atomic E-state index is 12.8. The summed E-state index contributed by atoms with van der Waals surface area (Å²) in [7, 11) is 0. The van der Waals surface area contributed by atoms with Crippen LogP contribution in [0.3, 0.4) is 0 Å². The van der Waals surface area contributed by atoms with Crippen LogP contribution >= 0.6 is 11.6 Å². The Morgan fingerprint density at radius 3 is 2.77 bits per heavy atom. The topological polar surface area (TPSA) is 66.5 Å². The highest BCUT2D eigenvalue weighted by atomic mass is 35.5. The van der Waals surface area contributed by atoms with Crippen LogP contribution in [0.15, 0.2) is 12.1 Å². The van der Waals surface area contributed by atoms with Crippen LogP contribution in [-0.2, 0) is 14.4 Å². The van der Waals surface area contributed by atoms with E-state index < -0.39 is 11.9 Å². The molecule has 2 aliphatic heterocycles. The third-order valence-electron chi connectivity index (χ3n) is 4.47. The highest BCUT2D eigenvalue weighted by Crippen LogP contribution is 2.29. The van der Waals surface area contributed by atoms with Gasteiger partial charge in [0, 0.05) is 22.2 Å². The molecule has 0 bridgehead atoms. The molecule has 3 amide bonds. The second-order valence-corrected chi connectivity index (χ2v) is 6.13. The number of carbonyl (C=O) groups excluding carboxylic acids is 3. The summed E-state index contributed by atoms with van der Waals surface area (Å²) >= 11 is 6.24. The van der Waals surface area contributed by atoms with Crippen LogP contribution in [0, 0.1) is 0 Å². The van der Waals surface area contributed by atoms with Crippen LogP contribution < -0.4 is 20.7 Å². The predicted octanol–water partition coefficient (Wildman–Crippen LogP) is 0.217. The number of benzene rings is 1. The minimum absolute atomic E-state index is 0.138. The Balaban J connectivity index is 1.87. The third kappa shape index (κ3) is 1.75. The highest BCUT2D eigenvalue weighted by Gasteiger charge is 2.40. The van der Waals surface area contributed by atoms with E-state index in [4.69, 9.17) is 11.6 Å². The van der Waals surface area contributed by atoms with Gasteiger partial charge in [0.2, 0.25) is 11.8 Å².